The van der Waals surface area contributed by atoms with Crippen LogP contribution in [0.1, 0.15) is 24.2 Å². The number of carbonyl (C=O) groups is 1. The summed E-state index contributed by atoms with van der Waals surface area (Å²) in [5.74, 6) is 0. The summed E-state index contributed by atoms with van der Waals surface area (Å²) < 4.78 is 7.30. The zero-order valence-corrected chi connectivity index (χ0v) is 14.3. The van der Waals surface area contributed by atoms with Gasteiger partial charge in [-0.25, -0.2) is 4.79 Å². The van der Waals surface area contributed by atoms with Crippen molar-refractivity contribution in [1.29, 1.82) is 0 Å². The molecule has 0 saturated carbocycles. The van der Waals surface area contributed by atoms with Crippen molar-refractivity contribution in [3.05, 3.63) is 17.5 Å². The minimum Gasteiger partial charge on any atom is -0.379 e. The Bertz CT molecular complexity index is 483. The van der Waals surface area contributed by atoms with Gasteiger partial charge in [0.25, 0.3) is 0 Å². The molecule has 23 heavy (non-hydrogen) atoms. The monoisotopic (exact) mass is 323 g/mol. The number of aromatic nitrogens is 2. The van der Waals surface area contributed by atoms with Gasteiger partial charge in [-0.3, -0.25) is 9.58 Å². The number of ether oxygens (including phenoxy) is 1. The van der Waals surface area contributed by atoms with Crippen LogP contribution in [0.4, 0.5) is 4.79 Å². The lowest BCUT2D eigenvalue weighted by Gasteiger charge is -2.26. The standard InChI is InChI=1S/C16H29N5O2/c1-14-13-15(2)21(19-14)8-4-6-18-16(22)17-5-3-7-20-9-11-23-12-10-20/h13H,3-12H2,1-2H3,(H2,17,18,22). The fourth-order valence-electron chi connectivity index (χ4n) is 2.72. The summed E-state index contributed by atoms with van der Waals surface area (Å²) in [6, 6.07) is 1.98. The molecule has 0 aliphatic carbocycles. The summed E-state index contributed by atoms with van der Waals surface area (Å²) in [6.45, 7) is 10.9. The van der Waals surface area contributed by atoms with E-state index in [1.54, 1.807) is 0 Å². The van der Waals surface area contributed by atoms with Gasteiger partial charge in [-0.05, 0) is 39.3 Å². The average Bonchev–Trinajstić information content (AvgIpc) is 2.87. The van der Waals surface area contributed by atoms with Crippen LogP contribution < -0.4 is 10.6 Å². The fourth-order valence-corrected chi connectivity index (χ4v) is 2.72. The molecule has 7 nitrogen and oxygen atoms in total. The maximum absolute atomic E-state index is 11.7. The Morgan fingerprint density at radius 1 is 1.17 bits per heavy atom. The maximum Gasteiger partial charge on any atom is 0.314 e. The Morgan fingerprint density at radius 2 is 1.83 bits per heavy atom. The van der Waals surface area contributed by atoms with Crippen molar-refractivity contribution >= 4 is 6.03 Å². The van der Waals surface area contributed by atoms with E-state index in [1.807, 2.05) is 11.6 Å². The molecule has 2 heterocycles. The van der Waals surface area contributed by atoms with Crippen LogP contribution in [-0.2, 0) is 11.3 Å². The molecule has 0 unspecified atom stereocenters. The third-order valence-corrected chi connectivity index (χ3v) is 3.98. The zero-order chi connectivity index (χ0) is 16.5. The Labute approximate surface area is 138 Å². The predicted octanol–water partition coefficient (Wildman–Crippen LogP) is 0.912. The number of urea groups is 1. The number of hydrogen-bond donors (Lipinski definition) is 2. The van der Waals surface area contributed by atoms with Crippen molar-refractivity contribution in [1.82, 2.24) is 25.3 Å². The highest BCUT2D eigenvalue weighted by atomic mass is 16.5. The normalized spacial score (nSPS) is 15.6. The molecule has 0 spiro atoms. The molecule has 1 aliphatic rings. The second kappa shape index (κ2) is 9.52. The molecule has 1 aromatic rings. The molecule has 1 fully saturated rings. The van der Waals surface area contributed by atoms with Crippen molar-refractivity contribution < 1.29 is 9.53 Å². The topological polar surface area (TPSA) is 71.4 Å². The Kier molecular flexibility index (Phi) is 7.35. The Balaban J connectivity index is 1.47. The van der Waals surface area contributed by atoms with Gasteiger partial charge in [-0.2, -0.15) is 5.10 Å². The number of amides is 2. The zero-order valence-electron chi connectivity index (χ0n) is 14.3. The van der Waals surface area contributed by atoms with Crippen LogP contribution >= 0.6 is 0 Å². The minimum atomic E-state index is -0.0830. The highest BCUT2D eigenvalue weighted by Crippen LogP contribution is 2.02. The summed E-state index contributed by atoms with van der Waals surface area (Å²) in [6.07, 6.45) is 1.85. The van der Waals surface area contributed by atoms with E-state index >= 15 is 0 Å². The number of hydrogen-bond acceptors (Lipinski definition) is 4. The van der Waals surface area contributed by atoms with Crippen LogP contribution in [0.3, 0.4) is 0 Å². The smallest absolute Gasteiger partial charge is 0.314 e. The van der Waals surface area contributed by atoms with Gasteiger partial charge >= 0.3 is 6.03 Å². The lowest BCUT2D eigenvalue weighted by atomic mass is 10.3. The first-order valence-electron chi connectivity index (χ1n) is 8.48. The molecule has 0 aromatic carbocycles. The van der Waals surface area contributed by atoms with Gasteiger partial charge in [0.05, 0.1) is 18.9 Å². The van der Waals surface area contributed by atoms with Gasteiger partial charge in [0.15, 0.2) is 0 Å². The molecule has 2 rings (SSSR count). The summed E-state index contributed by atoms with van der Waals surface area (Å²) >= 11 is 0. The predicted molar refractivity (Wildman–Crippen MR) is 89.6 cm³/mol. The van der Waals surface area contributed by atoms with Gasteiger partial charge in [0.1, 0.15) is 0 Å². The molecule has 1 aromatic heterocycles. The lowest BCUT2D eigenvalue weighted by Crippen LogP contribution is -2.40. The second-order valence-corrected chi connectivity index (χ2v) is 5.99. The van der Waals surface area contributed by atoms with Crippen molar-refractivity contribution in [3.8, 4) is 0 Å². The molecule has 2 N–H and O–H groups in total. The quantitative estimate of drug-likeness (QED) is 0.698. The number of nitrogens with one attached hydrogen (secondary N) is 2. The molecule has 0 radical (unpaired) electrons. The van der Waals surface area contributed by atoms with E-state index in [9.17, 15) is 4.79 Å². The molecule has 2 amide bonds. The van der Waals surface area contributed by atoms with Gasteiger partial charge in [-0.15, -0.1) is 0 Å². The van der Waals surface area contributed by atoms with E-state index < -0.39 is 0 Å². The summed E-state index contributed by atoms with van der Waals surface area (Å²) in [4.78, 5) is 14.1. The summed E-state index contributed by atoms with van der Waals surface area (Å²) in [5.41, 5.74) is 2.20. The summed E-state index contributed by atoms with van der Waals surface area (Å²) in [5, 5.41) is 10.2. The summed E-state index contributed by atoms with van der Waals surface area (Å²) in [7, 11) is 0. The van der Waals surface area contributed by atoms with Gasteiger partial charge < -0.3 is 15.4 Å². The molecular weight excluding hydrogens is 294 g/mol. The van der Waals surface area contributed by atoms with Crippen LogP contribution in [0.15, 0.2) is 6.07 Å². The lowest BCUT2D eigenvalue weighted by molar-refractivity contribution is 0.0375. The maximum atomic E-state index is 11.7. The van der Waals surface area contributed by atoms with Crippen LogP contribution in [0.2, 0.25) is 0 Å². The van der Waals surface area contributed by atoms with E-state index in [2.05, 4.69) is 33.6 Å². The number of carbonyl (C=O) groups excluding carboxylic acids is 1. The van der Waals surface area contributed by atoms with Crippen LogP contribution in [-0.4, -0.2) is 66.6 Å². The van der Waals surface area contributed by atoms with Crippen LogP contribution in [0.5, 0.6) is 0 Å². The van der Waals surface area contributed by atoms with E-state index in [4.69, 9.17) is 4.74 Å². The number of nitrogens with zero attached hydrogens (tertiary/aromatic N) is 3. The highest BCUT2D eigenvalue weighted by Gasteiger charge is 2.09. The minimum absolute atomic E-state index is 0.0830. The van der Waals surface area contributed by atoms with Gasteiger partial charge in [0.2, 0.25) is 0 Å². The fraction of sp³-hybridized carbons (Fsp3) is 0.750. The third kappa shape index (κ3) is 6.58. The molecule has 0 bridgehead atoms. The molecule has 130 valence electrons. The number of rotatable bonds is 8. The molecule has 0 atom stereocenters. The first-order valence-corrected chi connectivity index (χ1v) is 8.48. The van der Waals surface area contributed by atoms with E-state index in [1.165, 1.54) is 0 Å². The molecule has 7 heteroatoms. The SMILES string of the molecule is Cc1cc(C)n(CCCNC(=O)NCCCN2CCOCC2)n1. The van der Waals surface area contributed by atoms with Gasteiger partial charge in [-0.1, -0.05) is 0 Å². The molecule has 1 aliphatic heterocycles. The van der Waals surface area contributed by atoms with Crippen molar-refractivity contribution in [2.75, 3.05) is 45.9 Å². The second-order valence-electron chi connectivity index (χ2n) is 5.99. The Morgan fingerprint density at radius 3 is 2.43 bits per heavy atom. The number of aryl methyl sites for hydroxylation is 3. The van der Waals surface area contributed by atoms with Crippen molar-refractivity contribution in [2.24, 2.45) is 0 Å². The van der Waals surface area contributed by atoms with Crippen LogP contribution in [0, 0.1) is 13.8 Å². The largest absolute Gasteiger partial charge is 0.379 e. The Hall–Kier alpha value is -1.60. The average molecular weight is 323 g/mol. The van der Waals surface area contributed by atoms with E-state index in [0.29, 0.717) is 13.1 Å². The van der Waals surface area contributed by atoms with Gasteiger partial charge in [0, 0.05) is 38.4 Å². The highest BCUT2D eigenvalue weighted by molar-refractivity contribution is 5.73. The third-order valence-electron chi connectivity index (χ3n) is 3.98. The first kappa shape index (κ1) is 17.7. The van der Waals surface area contributed by atoms with E-state index in [-0.39, 0.29) is 6.03 Å². The molecular formula is C16H29N5O2. The number of morpholine rings is 1. The molecule has 1 saturated heterocycles. The first-order chi connectivity index (χ1) is 11.1. The van der Waals surface area contributed by atoms with Crippen molar-refractivity contribution in [3.63, 3.8) is 0 Å². The van der Waals surface area contributed by atoms with Crippen LogP contribution in [0.25, 0.3) is 0 Å². The van der Waals surface area contributed by atoms with E-state index in [0.717, 1.165) is 63.6 Å². The van der Waals surface area contributed by atoms with Crippen molar-refractivity contribution in [2.45, 2.75) is 33.2 Å².